The van der Waals surface area contributed by atoms with E-state index in [-0.39, 0.29) is 40.0 Å². The largest absolute Gasteiger partial charge is 0.457 e. The normalized spacial score (nSPS) is 18.4. The second kappa shape index (κ2) is 10.9. The number of rotatable bonds is 7. The van der Waals surface area contributed by atoms with Crippen LogP contribution in [0.1, 0.15) is 75.6 Å². The number of allylic oxidation sites excluding steroid dienone is 3. The molecule has 1 aromatic heterocycles. The molecule has 6 nitrogen and oxygen atoms in total. The van der Waals surface area contributed by atoms with Crippen molar-refractivity contribution >= 4 is 17.7 Å². The van der Waals surface area contributed by atoms with Gasteiger partial charge in [0.15, 0.2) is 23.2 Å². The van der Waals surface area contributed by atoms with Crippen molar-refractivity contribution < 1.29 is 13.5 Å². The van der Waals surface area contributed by atoms with E-state index in [9.17, 15) is 9.65 Å². The highest BCUT2D eigenvalue weighted by Crippen LogP contribution is 2.39. The summed E-state index contributed by atoms with van der Waals surface area (Å²) >= 11 is 0. The van der Waals surface area contributed by atoms with E-state index >= 15 is 4.39 Å². The summed E-state index contributed by atoms with van der Waals surface area (Å²) in [5.41, 5.74) is 2.46. The number of halogens is 2. The Morgan fingerprint density at radius 3 is 2.81 bits per heavy atom. The number of hydrogen-bond acceptors (Lipinski definition) is 5. The molecular formula is C28H31F2N5O. The van der Waals surface area contributed by atoms with Crippen LogP contribution in [0, 0.1) is 35.8 Å². The summed E-state index contributed by atoms with van der Waals surface area (Å²) in [5, 5.41) is 20.5. The van der Waals surface area contributed by atoms with E-state index in [4.69, 9.17) is 4.74 Å². The molecule has 0 radical (unpaired) electrons. The van der Waals surface area contributed by atoms with Crippen molar-refractivity contribution in [1.29, 1.82) is 5.26 Å². The number of aromatic nitrogens is 2. The second-order valence-corrected chi connectivity index (χ2v) is 9.51. The minimum absolute atomic E-state index is 0.113. The fourth-order valence-electron chi connectivity index (χ4n) is 4.20. The van der Waals surface area contributed by atoms with Gasteiger partial charge in [-0.2, -0.15) is 10.4 Å². The molecule has 4 rings (SSSR count). The molecule has 8 heteroatoms. The molecule has 2 aromatic rings. The SMILES string of the molecule is CCC/C(C)=C\c1c(C)c(F)cc(OC2=C(C#N)C(Nc3cc(C4CC4)[nH]n3)=NC=CCC2C)c1F. The zero-order chi connectivity index (χ0) is 25.8. The van der Waals surface area contributed by atoms with Gasteiger partial charge in [0.2, 0.25) is 0 Å². The molecule has 2 N–H and O–H groups in total. The number of benzene rings is 1. The van der Waals surface area contributed by atoms with E-state index in [2.05, 4.69) is 26.6 Å². The number of aromatic amines is 1. The number of hydrogen-bond donors (Lipinski definition) is 2. The molecular weight excluding hydrogens is 460 g/mol. The molecule has 1 fully saturated rings. The van der Waals surface area contributed by atoms with Gasteiger partial charge in [-0.15, -0.1) is 0 Å². The first-order valence-electron chi connectivity index (χ1n) is 12.4. The van der Waals surface area contributed by atoms with Gasteiger partial charge in [-0.1, -0.05) is 38.0 Å². The van der Waals surface area contributed by atoms with Crippen LogP contribution in [-0.4, -0.2) is 16.0 Å². The zero-order valence-electron chi connectivity index (χ0n) is 21.1. The Bertz CT molecular complexity index is 1310. The van der Waals surface area contributed by atoms with Crippen LogP contribution < -0.4 is 10.1 Å². The Kier molecular flexibility index (Phi) is 7.68. The van der Waals surface area contributed by atoms with Gasteiger partial charge in [0.05, 0.1) is 0 Å². The summed E-state index contributed by atoms with van der Waals surface area (Å²) in [6, 6.07) is 5.09. The fourth-order valence-corrected chi connectivity index (χ4v) is 4.20. The van der Waals surface area contributed by atoms with Crippen molar-refractivity contribution in [3.63, 3.8) is 0 Å². The lowest BCUT2D eigenvalue weighted by molar-refractivity contribution is 0.336. The number of nitrogens with zero attached hydrogens (tertiary/aromatic N) is 3. The second-order valence-electron chi connectivity index (χ2n) is 9.51. The first kappa shape index (κ1) is 25.4. The van der Waals surface area contributed by atoms with Crippen LogP contribution in [0.2, 0.25) is 0 Å². The molecule has 36 heavy (non-hydrogen) atoms. The molecule has 0 spiro atoms. The third-order valence-electron chi connectivity index (χ3n) is 6.43. The summed E-state index contributed by atoms with van der Waals surface area (Å²) in [6.07, 6.45) is 9.57. The Labute approximate surface area is 210 Å². The van der Waals surface area contributed by atoms with Crippen LogP contribution in [0.3, 0.4) is 0 Å². The summed E-state index contributed by atoms with van der Waals surface area (Å²) in [6.45, 7) is 7.34. The van der Waals surface area contributed by atoms with Gasteiger partial charge >= 0.3 is 0 Å². The number of nitriles is 1. The lowest BCUT2D eigenvalue weighted by Crippen LogP contribution is -2.21. The number of anilines is 1. The Hall–Kier alpha value is -3.73. The van der Waals surface area contributed by atoms with Crippen molar-refractivity contribution in [1.82, 2.24) is 10.2 Å². The first-order valence-corrected chi connectivity index (χ1v) is 12.4. The molecule has 0 bridgehead atoms. The monoisotopic (exact) mass is 491 g/mol. The number of amidine groups is 1. The molecule has 1 aliphatic carbocycles. The van der Waals surface area contributed by atoms with Crippen LogP contribution in [-0.2, 0) is 0 Å². The molecule has 0 amide bonds. The van der Waals surface area contributed by atoms with Crippen molar-refractivity contribution in [2.45, 2.75) is 65.7 Å². The van der Waals surface area contributed by atoms with E-state index in [1.54, 1.807) is 19.2 Å². The van der Waals surface area contributed by atoms with E-state index in [0.29, 0.717) is 18.2 Å². The number of ether oxygens (including phenoxy) is 1. The van der Waals surface area contributed by atoms with Crippen molar-refractivity contribution in [3.05, 3.63) is 69.8 Å². The molecule has 2 heterocycles. The van der Waals surface area contributed by atoms with Crippen LogP contribution in [0.15, 0.2) is 46.3 Å². The number of nitrogens with one attached hydrogen (secondary N) is 2. The highest BCUT2D eigenvalue weighted by atomic mass is 19.1. The molecule has 1 aliphatic heterocycles. The third-order valence-corrected chi connectivity index (χ3v) is 6.43. The Balaban J connectivity index is 1.73. The van der Waals surface area contributed by atoms with Gasteiger partial charge in [-0.25, -0.2) is 13.8 Å². The van der Waals surface area contributed by atoms with Gasteiger partial charge in [0, 0.05) is 41.4 Å². The standard InChI is InChI=1S/C28H31F2N5O/c1-5-7-16(2)12-20-18(4)22(29)13-24(26(20)30)36-27-17(3)8-6-11-32-28(21(27)15-31)33-25-14-23(34-35-25)19-9-10-19/h6,11-14,17,19H,5,7-10H2,1-4H3,(H2,32,33,34,35)/b11-6?,16-12-,27-21?. The van der Waals surface area contributed by atoms with Gasteiger partial charge < -0.3 is 10.1 Å². The first-order chi connectivity index (χ1) is 17.3. The predicted molar refractivity (Wildman–Crippen MR) is 137 cm³/mol. The van der Waals surface area contributed by atoms with Crippen molar-refractivity contribution in [2.75, 3.05) is 5.32 Å². The minimum Gasteiger partial charge on any atom is -0.457 e. The topological polar surface area (TPSA) is 86.1 Å². The maximum Gasteiger partial charge on any atom is 0.173 e. The molecule has 1 saturated carbocycles. The summed E-state index contributed by atoms with van der Waals surface area (Å²) in [7, 11) is 0. The molecule has 0 saturated heterocycles. The van der Waals surface area contributed by atoms with Crippen LogP contribution in [0.4, 0.5) is 14.6 Å². The lowest BCUT2D eigenvalue weighted by Gasteiger charge is -2.21. The molecule has 1 aromatic carbocycles. The summed E-state index contributed by atoms with van der Waals surface area (Å²) in [5.74, 6) is -0.319. The van der Waals surface area contributed by atoms with Gasteiger partial charge in [-0.3, -0.25) is 5.10 Å². The average molecular weight is 492 g/mol. The predicted octanol–water partition coefficient (Wildman–Crippen LogP) is 7.30. The quantitative estimate of drug-likeness (QED) is 0.426. The lowest BCUT2D eigenvalue weighted by atomic mass is 9.99. The van der Waals surface area contributed by atoms with Crippen LogP contribution in [0.5, 0.6) is 5.75 Å². The van der Waals surface area contributed by atoms with E-state index in [1.165, 1.54) is 0 Å². The highest BCUT2D eigenvalue weighted by molar-refractivity contribution is 6.11. The average Bonchev–Trinajstić information content (AvgIpc) is 3.59. The zero-order valence-corrected chi connectivity index (χ0v) is 21.1. The fraction of sp³-hybridized carbons (Fsp3) is 0.393. The summed E-state index contributed by atoms with van der Waals surface area (Å²) in [4.78, 5) is 4.39. The van der Waals surface area contributed by atoms with Gasteiger partial charge in [0.25, 0.3) is 0 Å². The Morgan fingerprint density at radius 2 is 2.11 bits per heavy atom. The van der Waals surface area contributed by atoms with E-state index in [1.807, 2.05) is 32.9 Å². The van der Waals surface area contributed by atoms with E-state index in [0.717, 1.165) is 43.0 Å². The molecule has 2 aliphatic rings. The number of aliphatic imine (C=N–C) groups is 1. The van der Waals surface area contributed by atoms with Crippen LogP contribution >= 0.6 is 0 Å². The maximum absolute atomic E-state index is 15.6. The summed E-state index contributed by atoms with van der Waals surface area (Å²) < 4.78 is 36.5. The van der Waals surface area contributed by atoms with Gasteiger partial charge in [-0.05, 0) is 45.1 Å². The number of H-pyrrole nitrogens is 1. The smallest absolute Gasteiger partial charge is 0.173 e. The van der Waals surface area contributed by atoms with E-state index < -0.39 is 11.6 Å². The Morgan fingerprint density at radius 1 is 1.33 bits per heavy atom. The van der Waals surface area contributed by atoms with Gasteiger partial charge in [0.1, 0.15) is 23.2 Å². The van der Waals surface area contributed by atoms with Crippen molar-refractivity contribution in [2.24, 2.45) is 10.9 Å². The molecule has 1 unspecified atom stereocenters. The molecule has 188 valence electrons. The maximum atomic E-state index is 15.6. The van der Waals surface area contributed by atoms with Crippen LogP contribution in [0.25, 0.3) is 6.08 Å². The highest BCUT2D eigenvalue weighted by Gasteiger charge is 2.27. The minimum atomic E-state index is -0.660. The third kappa shape index (κ3) is 5.56. The van der Waals surface area contributed by atoms with Crippen molar-refractivity contribution in [3.8, 4) is 11.8 Å². The molecule has 1 atom stereocenters.